The van der Waals surface area contributed by atoms with Crippen molar-refractivity contribution in [1.82, 2.24) is 0 Å². The van der Waals surface area contributed by atoms with Gasteiger partial charge >= 0.3 is 0 Å². The molecule has 0 fully saturated rings. The Morgan fingerprint density at radius 2 is 1.22 bits per heavy atom. The van der Waals surface area contributed by atoms with Gasteiger partial charge < -0.3 is 4.12 Å². The van der Waals surface area contributed by atoms with Crippen molar-refractivity contribution in [1.29, 1.82) is 0 Å². The van der Waals surface area contributed by atoms with E-state index in [0.717, 1.165) is 16.7 Å². The third-order valence-electron chi connectivity index (χ3n) is 3.72. The van der Waals surface area contributed by atoms with Crippen LogP contribution in [0.4, 0.5) is 0 Å². The molecule has 0 radical (unpaired) electrons. The fourth-order valence-corrected chi connectivity index (χ4v) is 10.3. The fraction of sp³-hybridized carbons (Fsp3) is 0.316. The molecule has 0 aliphatic rings. The second kappa shape index (κ2) is 6.55. The first-order valence-corrected chi connectivity index (χ1v) is 14.3. The van der Waals surface area contributed by atoms with Crippen molar-refractivity contribution in [3.8, 4) is 0 Å². The van der Waals surface area contributed by atoms with E-state index >= 15 is 0 Å². The van der Waals surface area contributed by atoms with Crippen molar-refractivity contribution < 1.29 is 8.91 Å². The van der Waals surface area contributed by atoms with Crippen LogP contribution in [0, 0.1) is 6.92 Å². The van der Waals surface area contributed by atoms with E-state index in [1.165, 1.54) is 5.19 Å². The van der Waals surface area contributed by atoms with Crippen LogP contribution in [0.15, 0.2) is 48.5 Å². The van der Waals surface area contributed by atoms with Gasteiger partial charge in [-0.3, -0.25) is 4.79 Å². The second-order valence-corrected chi connectivity index (χ2v) is 16.1. The van der Waals surface area contributed by atoms with Crippen molar-refractivity contribution in [3.05, 3.63) is 65.2 Å². The first-order valence-electron chi connectivity index (χ1n) is 8.01. The molecule has 0 bridgehead atoms. The lowest BCUT2D eigenvalue weighted by Crippen LogP contribution is -2.51. The van der Waals surface area contributed by atoms with Crippen LogP contribution in [-0.4, -0.2) is 22.4 Å². The average Bonchev–Trinajstić information content (AvgIpc) is 2.45. The zero-order valence-electron chi connectivity index (χ0n) is 14.9. The Hall–Kier alpha value is -1.50. The largest absolute Gasteiger partial charge is 0.452 e. The smallest absolute Gasteiger partial charge is 0.205 e. The summed E-state index contributed by atoms with van der Waals surface area (Å²) in [6.45, 7) is 13.1. The Kier molecular flexibility index (Phi) is 5.08. The van der Waals surface area contributed by atoms with Crippen LogP contribution in [0.3, 0.4) is 0 Å². The zero-order chi connectivity index (χ0) is 17.3. The normalized spacial score (nSPS) is 12.3. The highest BCUT2D eigenvalue weighted by atomic mass is 28.4. The van der Waals surface area contributed by atoms with Crippen molar-refractivity contribution in [2.75, 3.05) is 0 Å². The molecule has 122 valence electrons. The Balaban J connectivity index is 2.22. The lowest BCUT2D eigenvalue weighted by Gasteiger charge is -2.31. The SMILES string of the molecule is Cc1ccc(C(=O)c2ccc([Si](C)(C)O[Si](C)(C)C)cc2)cc1. The van der Waals surface area contributed by atoms with E-state index in [0.29, 0.717) is 0 Å². The summed E-state index contributed by atoms with van der Waals surface area (Å²) < 4.78 is 6.40. The number of hydrogen-bond acceptors (Lipinski definition) is 2. The Bertz CT molecular complexity index is 681. The average molecular weight is 343 g/mol. The fourth-order valence-electron chi connectivity index (χ4n) is 2.72. The molecule has 0 atom stereocenters. The maximum atomic E-state index is 12.5. The maximum Gasteiger partial charge on any atom is 0.205 e. The molecule has 2 aromatic rings. The summed E-state index contributed by atoms with van der Waals surface area (Å²) in [6.07, 6.45) is 0. The molecule has 2 nitrogen and oxygen atoms in total. The number of carbonyl (C=O) groups is 1. The van der Waals surface area contributed by atoms with Gasteiger partial charge in [0.05, 0.1) is 0 Å². The highest BCUT2D eigenvalue weighted by Gasteiger charge is 2.31. The summed E-state index contributed by atoms with van der Waals surface area (Å²) >= 11 is 0. The molecule has 0 N–H and O–H groups in total. The van der Waals surface area contributed by atoms with E-state index in [2.05, 4.69) is 44.9 Å². The Labute approximate surface area is 141 Å². The molecule has 0 aliphatic heterocycles. The van der Waals surface area contributed by atoms with Crippen molar-refractivity contribution in [2.45, 2.75) is 39.7 Å². The predicted molar refractivity (Wildman–Crippen MR) is 103 cm³/mol. The van der Waals surface area contributed by atoms with Crippen molar-refractivity contribution in [2.24, 2.45) is 0 Å². The minimum Gasteiger partial charge on any atom is -0.452 e. The van der Waals surface area contributed by atoms with Gasteiger partial charge in [0.25, 0.3) is 0 Å². The third kappa shape index (κ3) is 4.74. The highest BCUT2D eigenvalue weighted by molar-refractivity contribution is 6.92. The van der Waals surface area contributed by atoms with Crippen molar-refractivity contribution >= 4 is 27.6 Å². The number of benzene rings is 2. The highest BCUT2D eigenvalue weighted by Crippen LogP contribution is 2.16. The summed E-state index contributed by atoms with van der Waals surface area (Å²) in [5.41, 5.74) is 2.63. The summed E-state index contributed by atoms with van der Waals surface area (Å²) in [5, 5.41) is 1.24. The Morgan fingerprint density at radius 3 is 1.65 bits per heavy atom. The molecular weight excluding hydrogens is 316 g/mol. The molecular formula is C19H26O2Si2. The number of rotatable bonds is 5. The lowest BCUT2D eigenvalue weighted by atomic mass is 10.0. The van der Waals surface area contributed by atoms with Crippen LogP contribution in [0.5, 0.6) is 0 Å². The summed E-state index contributed by atoms with van der Waals surface area (Å²) in [6, 6.07) is 15.7. The van der Waals surface area contributed by atoms with Crippen LogP contribution in [-0.2, 0) is 4.12 Å². The van der Waals surface area contributed by atoms with Gasteiger partial charge in [-0.2, -0.15) is 0 Å². The van der Waals surface area contributed by atoms with Crippen LogP contribution in [0.2, 0.25) is 32.7 Å². The van der Waals surface area contributed by atoms with Gasteiger partial charge in [-0.05, 0) is 44.8 Å². The van der Waals surface area contributed by atoms with E-state index in [4.69, 9.17) is 4.12 Å². The Morgan fingerprint density at radius 1 is 0.783 bits per heavy atom. The van der Waals surface area contributed by atoms with Gasteiger partial charge in [-0.15, -0.1) is 0 Å². The standard InChI is InChI=1S/C19H26O2Si2/c1-15-7-9-16(10-8-15)19(20)17-11-13-18(14-12-17)23(5,6)21-22(2,3)4/h7-14H,1-6H3. The molecule has 23 heavy (non-hydrogen) atoms. The number of aryl methyl sites for hydroxylation is 1. The third-order valence-corrected chi connectivity index (χ3v) is 9.93. The molecule has 0 saturated carbocycles. The summed E-state index contributed by atoms with van der Waals surface area (Å²) in [4.78, 5) is 12.5. The summed E-state index contributed by atoms with van der Waals surface area (Å²) in [7, 11) is -3.48. The molecule has 2 aromatic carbocycles. The van der Waals surface area contributed by atoms with Crippen LogP contribution < -0.4 is 5.19 Å². The molecule has 0 unspecified atom stereocenters. The molecule has 0 heterocycles. The van der Waals surface area contributed by atoms with Gasteiger partial charge in [0.15, 0.2) is 14.1 Å². The van der Waals surface area contributed by atoms with E-state index in [1.807, 2.05) is 43.3 Å². The first kappa shape index (κ1) is 17.9. The lowest BCUT2D eigenvalue weighted by molar-refractivity contribution is 0.103. The number of ketones is 1. The quantitative estimate of drug-likeness (QED) is 0.591. The molecule has 0 amide bonds. The number of carbonyl (C=O) groups excluding carboxylic acids is 1. The van der Waals surface area contributed by atoms with Gasteiger partial charge in [-0.1, -0.05) is 54.1 Å². The van der Waals surface area contributed by atoms with Crippen LogP contribution in [0.25, 0.3) is 0 Å². The minimum atomic E-state index is -1.91. The van der Waals surface area contributed by atoms with Gasteiger partial charge in [-0.25, -0.2) is 0 Å². The molecule has 0 spiro atoms. The second-order valence-electron chi connectivity index (χ2n) is 7.50. The molecule has 0 aromatic heterocycles. The van der Waals surface area contributed by atoms with Crippen LogP contribution in [0.1, 0.15) is 21.5 Å². The summed E-state index contributed by atoms with van der Waals surface area (Å²) in [5.74, 6) is 0.0714. The topological polar surface area (TPSA) is 26.3 Å². The van der Waals surface area contributed by atoms with Gasteiger partial charge in [0.1, 0.15) is 0 Å². The first-order chi connectivity index (χ1) is 10.6. The molecule has 4 heteroatoms. The van der Waals surface area contributed by atoms with E-state index < -0.39 is 16.6 Å². The monoisotopic (exact) mass is 342 g/mol. The van der Waals surface area contributed by atoms with Gasteiger partial charge in [0.2, 0.25) is 8.32 Å². The van der Waals surface area contributed by atoms with E-state index in [-0.39, 0.29) is 5.78 Å². The van der Waals surface area contributed by atoms with E-state index in [1.54, 1.807) is 0 Å². The van der Waals surface area contributed by atoms with Crippen LogP contribution >= 0.6 is 0 Å². The molecule has 0 saturated heterocycles. The predicted octanol–water partition coefficient (Wildman–Crippen LogP) is 4.49. The van der Waals surface area contributed by atoms with Gasteiger partial charge in [0, 0.05) is 11.1 Å². The molecule has 2 rings (SSSR count). The van der Waals surface area contributed by atoms with Crippen molar-refractivity contribution in [3.63, 3.8) is 0 Å². The van der Waals surface area contributed by atoms with E-state index in [9.17, 15) is 4.79 Å². The zero-order valence-corrected chi connectivity index (χ0v) is 16.9. The minimum absolute atomic E-state index is 0.0714. The maximum absolute atomic E-state index is 12.5. The molecule has 0 aliphatic carbocycles. The number of hydrogen-bond donors (Lipinski definition) is 0.